The molecule has 0 aromatic heterocycles. The standard InChI is InChI=1S/C9H7NO2S/c10-5-7-6-13(11)9-4-2-1-3-8(9)12-7/h1-4,7H,6H2. The second-order valence-corrected chi connectivity index (χ2v) is 4.16. The molecule has 0 amide bonds. The second-order valence-electron chi connectivity index (χ2n) is 2.69. The SMILES string of the molecule is N#CC1CS(=O)c2ccccc2O1. The van der Waals surface area contributed by atoms with Crippen LogP contribution in [0.25, 0.3) is 0 Å². The molecule has 1 heterocycles. The van der Waals surface area contributed by atoms with E-state index in [1.807, 2.05) is 12.1 Å². The van der Waals surface area contributed by atoms with Crippen molar-refractivity contribution in [3.63, 3.8) is 0 Å². The molecule has 1 aromatic rings. The molecular formula is C9H7NO2S. The Hall–Kier alpha value is -1.34. The molecule has 2 unspecified atom stereocenters. The maximum Gasteiger partial charge on any atom is 0.196 e. The molecule has 1 aliphatic rings. The van der Waals surface area contributed by atoms with Crippen LogP contribution in [-0.2, 0) is 10.8 Å². The molecule has 1 aliphatic heterocycles. The Morgan fingerprint density at radius 3 is 3.08 bits per heavy atom. The lowest BCUT2D eigenvalue weighted by Gasteiger charge is -2.20. The highest BCUT2D eigenvalue weighted by Crippen LogP contribution is 2.27. The van der Waals surface area contributed by atoms with Gasteiger partial charge < -0.3 is 4.74 Å². The number of ether oxygens (including phenoxy) is 1. The summed E-state index contributed by atoms with van der Waals surface area (Å²) in [6.07, 6.45) is -0.573. The summed E-state index contributed by atoms with van der Waals surface area (Å²) in [5.41, 5.74) is 0. The van der Waals surface area contributed by atoms with Crippen molar-refractivity contribution in [2.24, 2.45) is 0 Å². The molecule has 13 heavy (non-hydrogen) atoms. The molecule has 0 bridgehead atoms. The van der Waals surface area contributed by atoms with Crippen molar-refractivity contribution in [3.8, 4) is 11.8 Å². The first kappa shape index (κ1) is 8.27. The van der Waals surface area contributed by atoms with Gasteiger partial charge in [-0.3, -0.25) is 4.21 Å². The molecule has 1 aromatic carbocycles. The molecule has 0 saturated heterocycles. The van der Waals surface area contributed by atoms with Crippen LogP contribution in [0, 0.1) is 11.3 Å². The number of hydrogen-bond acceptors (Lipinski definition) is 3. The fourth-order valence-electron chi connectivity index (χ4n) is 1.21. The van der Waals surface area contributed by atoms with E-state index in [-0.39, 0.29) is 5.75 Å². The second kappa shape index (κ2) is 3.19. The van der Waals surface area contributed by atoms with Gasteiger partial charge in [0.15, 0.2) is 6.10 Å². The van der Waals surface area contributed by atoms with Crippen LogP contribution in [0.4, 0.5) is 0 Å². The number of hydrogen-bond donors (Lipinski definition) is 0. The van der Waals surface area contributed by atoms with E-state index in [0.717, 1.165) is 0 Å². The highest BCUT2D eigenvalue weighted by Gasteiger charge is 2.24. The van der Waals surface area contributed by atoms with Gasteiger partial charge in [0.25, 0.3) is 0 Å². The van der Waals surface area contributed by atoms with Crippen LogP contribution >= 0.6 is 0 Å². The first-order chi connectivity index (χ1) is 6.31. The van der Waals surface area contributed by atoms with Crippen LogP contribution in [-0.4, -0.2) is 16.1 Å². The maximum absolute atomic E-state index is 11.5. The van der Waals surface area contributed by atoms with Crippen LogP contribution in [0.3, 0.4) is 0 Å². The predicted molar refractivity (Wildman–Crippen MR) is 47.7 cm³/mol. The number of rotatable bonds is 0. The van der Waals surface area contributed by atoms with Gasteiger partial charge in [-0.15, -0.1) is 0 Å². The molecule has 2 rings (SSSR count). The van der Waals surface area contributed by atoms with E-state index >= 15 is 0 Å². The van der Waals surface area contributed by atoms with Crippen LogP contribution in [0.15, 0.2) is 29.2 Å². The summed E-state index contributed by atoms with van der Waals surface area (Å²) in [5, 5.41) is 8.62. The molecule has 0 spiro atoms. The lowest BCUT2D eigenvalue weighted by molar-refractivity contribution is 0.265. The van der Waals surface area contributed by atoms with Gasteiger partial charge in [0.05, 0.1) is 21.4 Å². The average Bonchev–Trinajstić information content (AvgIpc) is 2.18. The first-order valence-electron chi connectivity index (χ1n) is 3.85. The van der Waals surface area contributed by atoms with Crippen molar-refractivity contribution < 1.29 is 8.95 Å². The third-order valence-electron chi connectivity index (χ3n) is 1.81. The fourth-order valence-corrected chi connectivity index (χ4v) is 2.38. The molecule has 0 saturated carbocycles. The first-order valence-corrected chi connectivity index (χ1v) is 5.17. The summed E-state index contributed by atoms with van der Waals surface area (Å²) in [4.78, 5) is 0.689. The van der Waals surface area contributed by atoms with Crippen LogP contribution in [0.5, 0.6) is 5.75 Å². The van der Waals surface area contributed by atoms with E-state index in [0.29, 0.717) is 10.6 Å². The van der Waals surface area contributed by atoms with Gasteiger partial charge >= 0.3 is 0 Å². The largest absolute Gasteiger partial charge is 0.473 e. The summed E-state index contributed by atoms with van der Waals surface area (Å²) in [7, 11) is -1.09. The monoisotopic (exact) mass is 193 g/mol. The minimum absolute atomic E-state index is 0.271. The normalized spacial score (nSPS) is 25.5. The van der Waals surface area contributed by atoms with E-state index in [4.69, 9.17) is 10.00 Å². The number of para-hydroxylation sites is 1. The fraction of sp³-hybridized carbons (Fsp3) is 0.222. The molecule has 0 fully saturated rings. The zero-order valence-electron chi connectivity index (χ0n) is 6.77. The van der Waals surface area contributed by atoms with Gasteiger partial charge in [0.2, 0.25) is 0 Å². The lowest BCUT2D eigenvalue weighted by atomic mass is 10.3. The quantitative estimate of drug-likeness (QED) is 0.619. The zero-order valence-corrected chi connectivity index (χ0v) is 7.58. The Kier molecular flexibility index (Phi) is 2.03. The van der Waals surface area contributed by atoms with Gasteiger partial charge in [-0.05, 0) is 12.1 Å². The van der Waals surface area contributed by atoms with Crippen molar-refractivity contribution in [1.29, 1.82) is 5.26 Å². The number of nitrogens with zero attached hydrogens (tertiary/aromatic N) is 1. The van der Waals surface area contributed by atoms with Gasteiger partial charge in [0, 0.05) is 0 Å². The third kappa shape index (κ3) is 1.43. The lowest BCUT2D eigenvalue weighted by Crippen LogP contribution is -2.27. The highest BCUT2D eigenvalue weighted by molar-refractivity contribution is 7.85. The molecule has 0 aliphatic carbocycles. The van der Waals surface area contributed by atoms with Gasteiger partial charge in [0.1, 0.15) is 11.8 Å². The molecule has 0 N–H and O–H groups in total. The summed E-state index contributed by atoms with van der Waals surface area (Å²) >= 11 is 0. The molecule has 2 atom stereocenters. The van der Waals surface area contributed by atoms with E-state index in [9.17, 15) is 4.21 Å². The minimum Gasteiger partial charge on any atom is -0.473 e. The maximum atomic E-state index is 11.5. The molecule has 4 heteroatoms. The Morgan fingerprint density at radius 2 is 2.31 bits per heavy atom. The summed E-state index contributed by atoms with van der Waals surface area (Å²) in [6.45, 7) is 0. The van der Waals surface area contributed by atoms with Crippen molar-refractivity contribution in [3.05, 3.63) is 24.3 Å². The van der Waals surface area contributed by atoms with Gasteiger partial charge in [-0.2, -0.15) is 5.26 Å². The Morgan fingerprint density at radius 1 is 1.54 bits per heavy atom. The van der Waals surface area contributed by atoms with Gasteiger partial charge in [-0.1, -0.05) is 12.1 Å². The zero-order chi connectivity index (χ0) is 9.26. The topological polar surface area (TPSA) is 50.1 Å². The van der Waals surface area contributed by atoms with Crippen LogP contribution < -0.4 is 4.74 Å². The van der Waals surface area contributed by atoms with E-state index in [1.165, 1.54) is 0 Å². The molecule has 0 radical (unpaired) electrons. The predicted octanol–water partition coefficient (Wildman–Crippen LogP) is 1.08. The van der Waals surface area contributed by atoms with Crippen molar-refractivity contribution >= 4 is 10.8 Å². The van der Waals surface area contributed by atoms with Crippen molar-refractivity contribution in [2.45, 2.75) is 11.0 Å². The van der Waals surface area contributed by atoms with E-state index in [1.54, 1.807) is 18.2 Å². The molecule has 3 nitrogen and oxygen atoms in total. The number of benzene rings is 1. The summed E-state index contributed by atoms with van der Waals surface area (Å²) in [5.74, 6) is 0.840. The van der Waals surface area contributed by atoms with Crippen molar-refractivity contribution in [2.75, 3.05) is 5.75 Å². The molecular weight excluding hydrogens is 186 g/mol. The van der Waals surface area contributed by atoms with Crippen LogP contribution in [0.2, 0.25) is 0 Å². The van der Waals surface area contributed by atoms with Crippen molar-refractivity contribution in [1.82, 2.24) is 0 Å². The highest BCUT2D eigenvalue weighted by atomic mass is 32.2. The number of fused-ring (bicyclic) bond motifs is 1. The summed E-state index contributed by atoms with van der Waals surface area (Å²) in [6, 6.07) is 9.07. The smallest absolute Gasteiger partial charge is 0.196 e. The number of nitriles is 1. The molecule has 66 valence electrons. The summed E-state index contributed by atoms with van der Waals surface area (Å²) < 4.78 is 16.8. The minimum atomic E-state index is -1.09. The average molecular weight is 193 g/mol. The Bertz CT molecular complexity index is 397. The van der Waals surface area contributed by atoms with Crippen LogP contribution in [0.1, 0.15) is 0 Å². The Labute approximate surface area is 78.4 Å². The Balaban J connectivity index is 2.44. The third-order valence-corrected chi connectivity index (χ3v) is 3.24. The van der Waals surface area contributed by atoms with E-state index in [2.05, 4.69) is 0 Å². The van der Waals surface area contributed by atoms with E-state index < -0.39 is 16.9 Å². The van der Waals surface area contributed by atoms with Gasteiger partial charge in [-0.25, -0.2) is 0 Å².